The molecule has 0 aliphatic heterocycles. The van der Waals surface area contributed by atoms with Gasteiger partial charge in [-0.2, -0.15) is 0 Å². The lowest BCUT2D eigenvalue weighted by Crippen LogP contribution is -2.22. The van der Waals surface area contributed by atoms with Crippen molar-refractivity contribution in [1.82, 2.24) is 0 Å². The van der Waals surface area contributed by atoms with E-state index in [9.17, 15) is 8.78 Å². The summed E-state index contributed by atoms with van der Waals surface area (Å²) >= 11 is 0. The molecule has 0 unspecified atom stereocenters. The standard InChI is InChI=1S/C35H28F2/c36-29-13-9-23(10-14-29)31-7-3-5-25-19-27(21-33(25)31)35(17-1-2-18-35)28-20-26-6-4-8-32(34(26)22-28)24-11-15-30(37)16-12-24/h3-16,21-22H,1-2,17-20H2. The first-order valence-electron chi connectivity index (χ1n) is 13.3. The number of halogens is 2. The third kappa shape index (κ3) is 3.70. The molecule has 0 aromatic heterocycles. The van der Waals surface area contributed by atoms with Crippen LogP contribution in [0.25, 0.3) is 34.4 Å². The van der Waals surface area contributed by atoms with Crippen LogP contribution in [0.4, 0.5) is 8.78 Å². The second-order valence-corrected chi connectivity index (χ2v) is 10.8. The Morgan fingerprint density at radius 2 is 0.946 bits per heavy atom. The molecule has 0 heterocycles. The number of rotatable bonds is 4. The zero-order chi connectivity index (χ0) is 25.0. The molecule has 182 valence electrons. The van der Waals surface area contributed by atoms with Crippen molar-refractivity contribution >= 4 is 12.2 Å². The van der Waals surface area contributed by atoms with Gasteiger partial charge in [0.05, 0.1) is 0 Å². The Morgan fingerprint density at radius 1 is 0.514 bits per heavy atom. The summed E-state index contributed by atoms with van der Waals surface area (Å²) in [6, 6.07) is 26.8. The minimum Gasteiger partial charge on any atom is -0.207 e. The molecule has 3 aliphatic carbocycles. The molecule has 4 aromatic carbocycles. The van der Waals surface area contributed by atoms with Crippen molar-refractivity contribution in [2.75, 3.05) is 0 Å². The predicted molar refractivity (Wildman–Crippen MR) is 148 cm³/mol. The van der Waals surface area contributed by atoms with Crippen molar-refractivity contribution < 1.29 is 8.78 Å². The van der Waals surface area contributed by atoms with Crippen molar-refractivity contribution in [2.24, 2.45) is 5.41 Å². The average molecular weight is 487 g/mol. The van der Waals surface area contributed by atoms with Gasteiger partial charge in [0.15, 0.2) is 0 Å². The van der Waals surface area contributed by atoms with E-state index in [-0.39, 0.29) is 17.0 Å². The van der Waals surface area contributed by atoms with E-state index >= 15 is 0 Å². The first-order chi connectivity index (χ1) is 18.1. The lowest BCUT2D eigenvalue weighted by atomic mass is 9.71. The molecule has 1 saturated carbocycles. The van der Waals surface area contributed by atoms with Crippen LogP contribution in [0.2, 0.25) is 0 Å². The minimum atomic E-state index is -0.204. The molecule has 0 spiro atoms. The van der Waals surface area contributed by atoms with Crippen molar-refractivity contribution in [1.29, 1.82) is 0 Å². The number of hydrogen-bond acceptors (Lipinski definition) is 0. The van der Waals surface area contributed by atoms with Gasteiger partial charge in [-0.1, -0.05) is 96.8 Å². The van der Waals surface area contributed by atoms with Gasteiger partial charge in [-0.3, -0.25) is 0 Å². The van der Waals surface area contributed by atoms with Gasteiger partial charge >= 0.3 is 0 Å². The molecule has 7 rings (SSSR count). The lowest BCUT2D eigenvalue weighted by Gasteiger charge is -2.33. The van der Waals surface area contributed by atoms with Gasteiger partial charge in [0, 0.05) is 5.41 Å². The normalized spacial score (nSPS) is 17.4. The molecule has 0 atom stereocenters. The van der Waals surface area contributed by atoms with E-state index in [1.165, 1.54) is 70.2 Å². The molecule has 0 bridgehead atoms. The maximum atomic E-state index is 13.6. The van der Waals surface area contributed by atoms with Gasteiger partial charge in [0.2, 0.25) is 0 Å². The quantitative estimate of drug-likeness (QED) is 0.269. The Kier molecular flexibility index (Phi) is 5.25. The van der Waals surface area contributed by atoms with Crippen LogP contribution >= 0.6 is 0 Å². The van der Waals surface area contributed by atoms with E-state index in [0.29, 0.717) is 0 Å². The smallest absolute Gasteiger partial charge is 0.123 e. The third-order valence-electron chi connectivity index (χ3n) is 8.79. The van der Waals surface area contributed by atoms with E-state index < -0.39 is 0 Å². The fraction of sp³-hybridized carbons (Fsp3) is 0.200. The average Bonchev–Trinajstić information content (AvgIpc) is 3.67. The molecule has 4 aromatic rings. The molecular weight excluding hydrogens is 458 g/mol. The van der Waals surface area contributed by atoms with Crippen molar-refractivity contribution in [2.45, 2.75) is 38.5 Å². The van der Waals surface area contributed by atoms with Crippen molar-refractivity contribution in [3.63, 3.8) is 0 Å². The predicted octanol–water partition coefficient (Wildman–Crippen LogP) is 9.44. The Morgan fingerprint density at radius 3 is 1.38 bits per heavy atom. The van der Waals surface area contributed by atoms with Crippen LogP contribution in [0, 0.1) is 17.0 Å². The third-order valence-corrected chi connectivity index (χ3v) is 8.79. The Hall–Kier alpha value is -3.78. The highest BCUT2D eigenvalue weighted by Crippen LogP contribution is 2.56. The van der Waals surface area contributed by atoms with Gasteiger partial charge in [0.1, 0.15) is 11.6 Å². The molecule has 2 heteroatoms. The summed E-state index contributed by atoms with van der Waals surface area (Å²) in [6.45, 7) is 0. The van der Waals surface area contributed by atoms with E-state index in [4.69, 9.17) is 0 Å². The molecule has 0 nitrogen and oxygen atoms in total. The van der Waals surface area contributed by atoms with E-state index in [1.54, 1.807) is 24.3 Å². The Labute approximate surface area is 217 Å². The highest BCUT2D eigenvalue weighted by molar-refractivity contribution is 5.84. The van der Waals surface area contributed by atoms with E-state index in [1.807, 2.05) is 24.3 Å². The summed E-state index contributed by atoms with van der Waals surface area (Å²) in [4.78, 5) is 0. The highest BCUT2D eigenvalue weighted by atomic mass is 19.1. The van der Waals surface area contributed by atoms with Gasteiger partial charge in [-0.05, 0) is 94.5 Å². The summed E-state index contributed by atoms with van der Waals surface area (Å²) < 4.78 is 27.2. The number of benzene rings is 4. The molecule has 1 fully saturated rings. The fourth-order valence-corrected chi connectivity index (χ4v) is 6.94. The summed E-state index contributed by atoms with van der Waals surface area (Å²) in [5, 5.41) is 0. The molecule has 3 aliphatic rings. The SMILES string of the molecule is Fc1ccc(-c2cccc3c2C=C(C2(C4=Cc5c(cccc5-c5ccc(F)cc5)C4)CCCC2)C3)cc1. The van der Waals surface area contributed by atoms with Gasteiger partial charge in [-0.25, -0.2) is 8.78 Å². The fourth-order valence-electron chi connectivity index (χ4n) is 6.94. The maximum absolute atomic E-state index is 13.6. The van der Waals surface area contributed by atoms with Crippen LogP contribution in [-0.2, 0) is 12.8 Å². The van der Waals surface area contributed by atoms with Crippen LogP contribution in [0.1, 0.15) is 47.9 Å². The maximum Gasteiger partial charge on any atom is 0.123 e. The summed E-state index contributed by atoms with van der Waals surface area (Å²) in [6.07, 6.45) is 11.7. The van der Waals surface area contributed by atoms with Crippen LogP contribution in [-0.4, -0.2) is 0 Å². The zero-order valence-electron chi connectivity index (χ0n) is 20.7. The van der Waals surface area contributed by atoms with E-state index in [0.717, 1.165) is 24.0 Å². The van der Waals surface area contributed by atoms with Gasteiger partial charge in [-0.15, -0.1) is 0 Å². The second kappa shape index (κ2) is 8.66. The summed E-state index contributed by atoms with van der Waals surface area (Å²) in [7, 11) is 0. The number of hydrogen-bond donors (Lipinski definition) is 0. The van der Waals surface area contributed by atoms with Crippen LogP contribution in [0.15, 0.2) is 96.1 Å². The number of fused-ring (bicyclic) bond motifs is 2. The summed E-state index contributed by atoms with van der Waals surface area (Å²) in [5.74, 6) is -0.407. The van der Waals surface area contributed by atoms with Crippen LogP contribution in [0.5, 0.6) is 0 Å². The highest BCUT2D eigenvalue weighted by Gasteiger charge is 2.43. The number of allylic oxidation sites excluding steroid dienone is 2. The second-order valence-electron chi connectivity index (χ2n) is 10.8. The molecule has 37 heavy (non-hydrogen) atoms. The zero-order valence-corrected chi connectivity index (χ0v) is 20.7. The molecule has 0 radical (unpaired) electrons. The van der Waals surface area contributed by atoms with Gasteiger partial charge in [0.25, 0.3) is 0 Å². The van der Waals surface area contributed by atoms with Crippen LogP contribution in [0.3, 0.4) is 0 Å². The van der Waals surface area contributed by atoms with Crippen LogP contribution < -0.4 is 0 Å². The monoisotopic (exact) mass is 486 g/mol. The molecule has 0 saturated heterocycles. The molecular formula is C35H28F2. The summed E-state index contributed by atoms with van der Waals surface area (Å²) in [5.41, 5.74) is 12.9. The van der Waals surface area contributed by atoms with Crippen molar-refractivity contribution in [3.05, 3.63) is 130 Å². The largest absolute Gasteiger partial charge is 0.207 e. The first-order valence-corrected chi connectivity index (χ1v) is 13.3. The Bertz CT molecular complexity index is 1450. The lowest BCUT2D eigenvalue weighted by molar-refractivity contribution is 0.437. The van der Waals surface area contributed by atoms with Crippen molar-refractivity contribution in [3.8, 4) is 22.3 Å². The Balaban J connectivity index is 1.30. The minimum absolute atomic E-state index is 0.0815. The molecule has 0 amide bonds. The molecule has 0 N–H and O–H groups in total. The van der Waals surface area contributed by atoms with E-state index in [2.05, 4.69) is 48.6 Å². The first kappa shape index (κ1) is 22.4. The van der Waals surface area contributed by atoms with Gasteiger partial charge < -0.3 is 0 Å². The topological polar surface area (TPSA) is 0 Å².